The lowest BCUT2D eigenvalue weighted by molar-refractivity contribution is -0.128. The van der Waals surface area contributed by atoms with Crippen molar-refractivity contribution >= 4 is 33.8 Å². The molecule has 35 heavy (non-hydrogen) atoms. The maximum Gasteiger partial charge on any atom is 0.394 e. The number of carbonyl (C=O) groups is 1. The first kappa shape index (κ1) is 23.9. The molecule has 0 bridgehead atoms. The highest BCUT2D eigenvalue weighted by Crippen LogP contribution is 2.34. The molecule has 1 aliphatic carbocycles. The Kier molecular flexibility index (Phi) is 6.38. The highest BCUT2D eigenvalue weighted by Gasteiger charge is 2.34. The van der Waals surface area contributed by atoms with Gasteiger partial charge in [0.05, 0.1) is 30.4 Å². The number of aromatic nitrogens is 4. The van der Waals surface area contributed by atoms with E-state index in [1.54, 1.807) is 18.2 Å². The summed E-state index contributed by atoms with van der Waals surface area (Å²) in [6, 6.07) is 4.44. The van der Waals surface area contributed by atoms with E-state index in [-0.39, 0.29) is 35.7 Å². The number of nitrogens with zero attached hydrogens (tertiary/aromatic N) is 5. The Labute approximate surface area is 202 Å². The number of carbonyl (C=O) groups excluding carboxylic acids is 1. The molecule has 0 spiro atoms. The Morgan fingerprint density at radius 2 is 2.03 bits per heavy atom. The number of alkyl halides is 4. The molecule has 8 nitrogen and oxygen atoms in total. The van der Waals surface area contributed by atoms with Crippen molar-refractivity contribution in [2.24, 2.45) is 5.92 Å². The highest BCUT2D eigenvalue weighted by atomic mass is 32.1. The molecule has 3 aromatic rings. The predicted molar refractivity (Wildman–Crippen MR) is 123 cm³/mol. The van der Waals surface area contributed by atoms with Gasteiger partial charge in [-0.3, -0.25) is 4.79 Å². The molecule has 0 radical (unpaired) electrons. The van der Waals surface area contributed by atoms with Crippen molar-refractivity contribution in [1.29, 1.82) is 0 Å². The van der Waals surface area contributed by atoms with Gasteiger partial charge in [0.2, 0.25) is 11.0 Å². The third kappa shape index (κ3) is 5.40. The Morgan fingerprint density at radius 3 is 2.74 bits per heavy atom. The van der Waals surface area contributed by atoms with Crippen LogP contribution < -0.4 is 10.6 Å². The van der Waals surface area contributed by atoms with Gasteiger partial charge >= 0.3 is 6.18 Å². The second kappa shape index (κ2) is 9.34. The second-order valence-electron chi connectivity index (χ2n) is 9.14. The van der Waals surface area contributed by atoms with Crippen molar-refractivity contribution < 1.29 is 22.4 Å². The highest BCUT2D eigenvalue weighted by molar-refractivity contribution is 7.13. The summed E-state index contributed by atoms with van der Waals surface area (Å²) in [5, 5.41) is 19.4. The fourth-order valence-corrected chi connectivity index (χ4v) is 5.02. The number of likely N-dealkylation sites (tertiary alicyclic amines) is 1. The third-order valence-corrected chi connectivity index (χ3v) is 7.15. The molecule has 3 heterocycles. The van der Waals surface area contributed by atoms with Crippen LogP contribution in [0.25, 0.3) is 16.0 Å². The average Bonchev–Trinajstić information content (AvgIpc) is 3.44. The quantitative estimate of drug-likeness (QED) is 0.473. The van der Waals surface area contributed by atoms with Crippen molar-refractivity contribution in [2.75, 3.05) is 25.5 Å². The monoisotopic (exact) mass is 511 g/mol. The van der Waals surface area contributed by atoms with E-state index in [0.717, 1.165) is 28.9 Å². The van der Waals surface area contributed by atoms with Gasteiger partial charge < -0.3 is 15.5 Å². The minimum Gasteiger partial charge on any atom is -0.377 e. The number of amides is 1. The molecule has 1 aliphatic heterocycles. The van der Waals surface area contributed by atoms with Crippen molar-refractivity contribution in [3.05, 3.63) is 28.9 Å². The minimum absolute atomic E-state index is 0.0385. The van der Waals surface area contributed by atoms with Gasteiger partial charge in [-0.25, -0.2) is 9.07 Å². The number of hydrogen-bond donors (Lipinski definition) is 2. The van der Waals surface area contributed by atoms with Crippen LogP contribution in [-0.2, 0) is 17.8 Å². The lowest BCUT2D eigenvalue weighted by Crippen LogP contribution is -2.46. The predicted octanol–water partition coefficient (Wildman–Crippen LogP) is 3.46. The molecule has 1 aromatic carbocycles. The van der Waals surface area contributed by atoms with Crippen LogP contribution in [0.1, 0.15) is 30.0 Å². The standard InChI is InChI=1S/C22H25F4N7OS/c1-32-8-7-15(14(23)11-32)28-16-4-2-3-13-17(9-22(24,25)26)33(31-19(13)16)21-30-29-18(35-21)10-27-20(34)12-5-6-12/h2-4,12,14-15,28H,5-11H2,1H3,(H,27,34)/t14-,15+/m0/s1. The summed E-state index contributed by atoms with van der Waals surface area (Å²) in [5.74, 6) is -0.0169. The number of rotatable bonds is 7. The molecule has 1 saturated carbocycles. The molecule has 1 amide bonds. The summed E-state index contributed by atoms with van der Waals surface area (Å²) >= 11 is 1.07. The molecule has 1 saturated heterocycles. The van der Waals surface area contributed by atoms with Gasteiger partial charge in [0.25, 0.3) is 0 Å². The number of piperidine rings is 1. The molecule has 5 rings (SSSR count). The Hall–Kier alpha value is -2.80. The van der Waals surface area contributed by atoms with Crippen molar-refractivity contribution in [2.45, 2.75) is 50.6 Å². The zero-order valence-corrected chi connectivity index (χ0v) is 19.8. The number of anilines is 1. The van der Waals surface area contributed by atoms with Crippen LogP contribution in [0, 0.1) is 5.92 Å². The van der Waals surface area contributed by atoms with Crippen LogP contribution in [0.15, 0.2) is 18.2 Å². The normalized spacial score (nSPS) is 21.4. The Morgan fingerprint density at radius 1 is 1.23 bits per heavy atom. The maximum absolute atomic E-state index is 14.6. The van der Waals surface area contributed by atoms with Gasteiger partial charge in [0.1, 0.15) is 16.7 Å². The summed E-state index contributed by atoms with van der Waals surface area (Å²) in [5.41, 5.74) is 0.723. The summed E-state index contributed by atoms with van der Waals surface area (Å²) in [6.07, 6.45) is -4.50. The van der Waals surface area contributed by atoms with E-state index in [2.05, 4.69) is 25.9 Å². The van der Waals surface area contributed by atoms with Crippen molar-refractivity contribution in [3.63, 3.8) is 0 Å². The Balaban J connectivity index is 1.46. The summed E-state index contributed by atoms with van der Waals surface area (Å²) < 4.78 is 56.3. The fourth-order valence-electron chi connectivity index (χ4n) is 4.27. The minimum atomic E-state index is -4.47. The van der Waals surface area contributed by atoms with Gasteiger partial charge in [-0.05, 0) is 32.4 Å². The largest absolute Gasteiger partial charge is 0.394 e. The van der Waals surface area contributed by atoms with E-state index in [9.17, 15) is 22.4 Å². The zero-order valence-electron chi connectivity index (χ0n) is 19.0. The number of halogens is 4. The number of benzene rings is 1. The molecule has 2 aromatic heterocycles. The molecule has 13 heteroatoms. The van der Waals surface area contributed by atoms with Gasteiger partial charge in [-0.2, -0.15) is 18.3 Å². The topological polar surface area (TPSA) is 88.0 Å². The SMILES string of the molecule is CN1CC[C@@H](Nc2cccc3c(CC(F)(F)F)n(-c4nnc(CNC(=O)C5CC5)s4)nc23)[C@@H](F)C1. The van der Waals surface area contributed by atoms with Crippen molar-refractivity contribution in [1.82, 2.24) is 30.2 Å². The van der Waals surface area contributed by atoms with Crippen LogP contribution in [0.4, 0.5) is 23.2 Å². The third-order valence-electron chi connectivity index (χ3n) is 6.26. The van der Waals surface area contributed by atoms with Crippen LogP contribution >= 0.6 is 11.3 Å². The van der Waals surface area contributed by atoms with Gasteiger partial charge in [0.15, 0.2) is 0 Å². The van der Waals surface area contributed by atoms with E-state index >= 15 is 0 Å². The molecule has 2 atom stereocenters. The molecular weight excluding hydrogens is 486 g/mol. The molecule has 2 N–H and O–H groups in total. The van der Waals surface area contributed by atoms with Gasteiger partial charge in [-0.1, -0.05) is 23.5 Å². The first-order chi connectivity index (χ1) is 16.7. The number of hydrogen-bond acceptors (Lipinski definition) is 7. The molecular formula is C22H25F4N7OS. The molecule has 188 valence electrons. The van der Waals surface area contributed by atoms with E-state index in [1.807, 2.05) is 11.9 Å². The van der Waals surface area contributed by atoms with E-state index in [1.165, 1.54) is 0 Å². The smallest absolute Gasteiger partial charge is 0.377 e. The molecule has 2 fully saturated rings. The lowest BCUT2D eigenvalue weighted by atomic mass is 10.0. The Bertz CT molecular complexity index is 1220. The van der Waals surface area contributed by atoms with Crippen LogP contribution in [0.3, 0.4) is 0 Å². The lowest BCUT2D eigenvalue weighted by Gasteiger charge is -2.33. The van der Waals surface area contributed by atoms with E-state index in [0.29, 0.717) is 34.6 Å². The first-order valence-electron chi connectivity index (χ1n) is 11.4. The maximum atomic E-state index is 14.6. The van der Waals surface area contributed by atoms with Gasteiger partial charge in [-0.15, -0.1) is 10.2 Å². The van der Waals surface area contributed by atoms with Gasteiger partial charge in [0, 0.05) is 24.4 Å². The number of fused-ring (bicyclic) bond motifs is 1. The zero-order chi connectivity index (χ0) is 24.7. The average molecular weight is 512 g/mol. The van der Waals surface area contributed by atoms with Crippen molar-refractivity contribution in [3.8, 4) is 5.13 Å². The molecule has 2 aliphatic rings. The molecule has 0 unspecified atom stereocenters. The van der Waals surface area contributed by atoms with E-state index in [4.69, 9.17) is 0 Å². The summed E-state index contributed by atoms with van der Waals surface area (Å²) in [6.45, 7) is 1.15. The van der Waals surface area contributed by atoms with Crippen LogP contribution in [0.5, 0.6) is 0 Å². The number of nitrogens with one attached hydrogen (secondary N) is 2. The van der Waals surface area contributed by atoms with Crippen LogP contribution in [-0.4, -0.2) is 69.3 Å². The fraction of sp³-hybridized carbons (Fsp3) is 0.545. The first-order valence-corrected chi connectivity index (χ1v) is 12.3. The van der Waals surface area contributed by atoms with Crippen LogP contribution in [0.2, 0.25) is 0 Å². The second-order valence-corrected chi connectivity index (χ2v) is 10.2. The van der Waals surface area contributed by atoms with E-state index < -0.39 is 24.8 Å². The summed E-state index contributed by atoms with van der Waals surface area (Å²) in [4.78, 5) is 13.8. The summed E-state index contributed by atoms with van der Waals surface area (Å²) in [7, 11) is 1.85.